The van der Waals surface area contributed by atoms with Crippen LogP contribution in [0, 0.1) is 11.8 Å². The Morgan fingerprint density at radius 3 is 2.14 bits per heavy atom. The van der Waals surface area contributed by atoms with E-state index in [1.807, 2.05) is 21.9 Å². The Morgan fingerprint density at radius 1 is 0.884 bits per heavy atom. The first-order valence-electron chi connectivity index (χ1n) is 15.5. The van der Waals surface area contributed by atoms with Gasteiger partial charge in [-0.15, -0.1) is 0 Å². The molecule has 10 heteroatoms. The fraction of sp³-hybridized carbons (Fsp3) is 0.576. The van der Waals surface area contributed by atoms with Gasteiger partial charge in [0, 0.05) is 56.9 Å². The van der Waals surface area contributed by atoms with Gasteiger partial charge in [0.2, 0.25) is 5.91 Å². The van der Waals surface area contributed by atoms with Crippen molar-refractivity contribution in [2.45, 2.75) is 62.6 Å². The van der Waals surface area contributed by atoms with Gasteiger partial charge in [-0.1, -0.05) is 18.2 Å². The number of nitrogens with zero attached hydrogens (tertiary/aromatic N) is 3. The summed E-state index contributed by atoms with van der Waals surface area (Å²) in [5, 5.41) is 9.39. The Kier molecular flexibility index (Phi) is 8.33. The lowest BCUT2D eigenvalue weighted by molar-refractivity contribution is -0.142. The number of rotatable bonds is 7. The molecule has 3 aliphatic heterocycles. The van der Waals surface area contributed by atoms with E-state index in [2.05, 4.69) is 17.0 Å². The lowest BCUT2D eigenvalue weighted by Gasteiger charge is -2.38. The number of ether oxygens (including phenoxy) is 1. The maximum atomic E-state index is 14.0. The maximum Gasteiger partial charge on any atom is 0.416 e. The predicted molar refractivity (Wildman–Crippen MR) is 156 cm³/mol. The van der Waals surface area contributed by atoms with Crippen molar-refractivity contribution in [1.29, 1.82) is 0 Å². The number of piperidine rings is 2. The van der Waals surface area contributed by atoms with E-state index in [4.69, 9.17) is 4.74 Å². The molecule has 1 saturated carbocycles. The Morgan fingerprint density at radius 2 is 1.56 bits per heavy atom. The van der Waals surface area contributed by atoms with E-state index in [1.54, 1.807) is 13.2 Å². The molecule has 4 fully saturated rings. The van der Waals surface area contributed by atoms with Crippen molar-refractivity contribution in [3.05, 3.63) is 59.2 Å². The number of carbonyl (C=O) groups excluding carboxylic acids is 1. The van der Waals surface area contributed by atoms with Crippen LogP contribution in [0.5, 0.6) is 5.75 Å². The number of hydrogen-bond donors (Lipinski definition) is 1. The van der Waals surface area contributed by atoms with E-state index in [0.717, 1.165) is 36.0 Å². The highest BCUT2D eigenvalue weighted by Crippen LogP contribution is 2.43. The van der Waals surface area contributed by atoms with Gasteiger partial charge >= 0.3 is 12.1 Å². The highest BCUT2D eigenvalue weighted by molar-refractivity contribution is 5.81. The Bertz CT molecular complexity index is 1310. The van der Waals surface area contributed by atoms with Gasteiger partial charge in [-0.25, -0.2) is 0 Å². The van der Waals surface area contributed by atoms with E-state index >= 15 is 0 Å². The zero-order valence-corrected chi connectivity index (χ0v) is 24.6. The van der Waals surface area contributed by atoms with E-state index in [0.29, 0.717) is 63.6 Å². The second-order valence-electron chi connectivity index (χ2n) is 12.6. The topological polar surface area (TPSA) is 73.3 Å². The zero-order valence-electron chi connectivity index (χ0n) is 24.6. The minimum atomic E-state index is -4.46. The molecule has 1 aliphatic carbocycles. The molecule has 0 aromatic heterocycles. The molecule has 4 aliphatic rings. The summed E-state index contributed by atoms with van der Waals surface area (Å²) < 4.78 is 46.4. The average Bonchev–Trinajstić information content (AvgIpc) is 3.78. The number of hydrogen-bond acceptors (Lipinski definition) is 5. The molecule has 0 unspecified atom stereocenters. The second kappa shape index (κ2) is 12.0. The van der Waals surface area contributed by atoms with Gasteiger partial charge < -0.3 is 19.6 Å². The summed E-state index contributed by atoms with van der Waals surface area (Å²) in [7, 11) is 1.64. The van der Waals surface area contributed by atoms with Crippen molar-refractivity contribution in [3.8, 4) is 5.75 Å². The first kappa shape index (κ1) is 29.8. The summed E-state index contributed by atoms with van der Waals surface area (Å²) >= 11 is 0. The number of carboxylic acids is 1. The minimum Gasteiger partial charge on any atom is -0.497 e. The van der Waals surface area contributed by atoms with Crippen molar-refractivity contribution in [2.75, 3.05) is 51.3 Å². The van der Waals surface area contributed by atoms with Gasteiger partial charge in [-0.3, -0.25) is 14.5 Å². The molecule has 3 saturated heterocycles. The van der Waals surface area contributed by atoms with Crippen LogP contribution in [0.3, 0.4) is 0 Å². The molecule has 0 radical (unpaired) electrons. The van der Waals surface area contributed by atoms with Crippen molar-refractivity contribution >= 4 is 17.6 Å². The first-order valence-corrected chi connectivity index (χ1v) is 15.5. The molecule has 0 bridgehead atoms. The molecule has 1 amide bonds. The van der Waals surface area contributed by atoms with Gasteiger partial charge in [0.15, 0.2) is 0 Å². The minimum absolute atomic E-state index is 0.0301. The fourth-order valence-corrected chi connectivity index (χ4v) is 7.36. The van der Waals surface area contributed by atoms with E-state index in [9.17, 15) is 27.9 Å². The lowest BCUT2D eigenvalue weighted by Crippen LogP contribution is -2.43. The number of benzene rings is 2. The van der Waals surface area contributed by atoms with Crippen LogP contribution in [-0.2, 0) is 15.8 Å². The molecule has 0 spiro atoms. The summed E-state index contributed by atoms with van der Waals surface area (Å²) in [6.07, 6.45) is 0.0950. The van der Waals surface area contributed by atoms with Crippen LogP contribution in [0.15, 0.2) is 42.5 Å². The van der Waals surface area contributed by atoms with Crippen LogP contribution in [-0.4, -0.2) is 79.2 Å². The van der Waals surface area contributed by atoms with E-state index < -0.39 is 23.6 Å². The summed E-state index contributed by atoms with van der Waals surface area (Å²) in [5.41, 5.74) is 1.88. The second-order valence-corrected chi connectivity index (χ2v) is 12.6. The number of likely N-dealkylation sites (tertiary alicyclic amines) is 2. The average molecular weight is 600 g/mol. The Hall–Kier alpha value is -3.27. The zero-order chi connectivity index (χ0) is 30.3. The van der Waals surface area contributed by atoms with Crippen LogP contribution < -0.4 is 9.64 Å². The van der Waals surface area contributed by atoms with Gasteiger partial charge in [-0.05, 0) is 79.8 Å². The maximum absolute atomic E-state index is 14.0. The van der Waals surface area contributed by atoms with Crippen molar-refractivity contribution < 1.29 is 32.6 Å². The molecular weight excluding hydrogens is 559 g/mol. The molecule has 232 valence electrons. The van der Waals surface area contributed by atoms with Crippen molar-refractivity contribution in [3.63, 3.8) is 0 Å². The molecule has 2 aromatic rings. The number of halogens is 3. The van der Waals surface area contributed by atoms with Crippen LogP contribution >= 0.6 is 0 Å². The molecule has 3 heterocycles. The molecular formula is C33H40F3N3O4. The highest BCUT2D eigenvalue weighted by Gasteiger charge is 2.45. The number of aliphatic carboxylic acids is 1. The molecule has 6 rings (SSSR count). The van der Waals surface area contributed by atoms with Gasteiger partial charge in [0.25, 0.3) is 0 Å². The SMILES string of the molecule is COc1ccc([C@@H]2CN(C3CC3)C[C@H]2C(=O)N2CCC(c3ccc(C(F)(F)F)cc3N3CCC(C(=O)O)CC3)CC2)cc1. The van der Waals surface area contributed by atoms with Gasteiger partial charge in [0.1, 0.15) is 5.75 Å². The molecule has 7 nitrogen and oxygen atoms in total. The molecule has 1 N–H and O–H groups in total. The highest BCUT2D eigenvalue weighted by atomic mass is 19.4. The van der Waals surface area contributed by atoms with Crippen molar-refractivity contribution in [2.24, 2.45) is 11.8 Å². The number of carbonyl (C=O) groups is 2. The summed E-state index contributed by atoms with van der Waals surface area (Å²) in [6.45, 7) is 3.59. The third kappa shape index (κ3) is 6.35. The van der Waals surface area contributed by atoms with Gasteiger partial charge in [-0.2, -0.15) is 13.2 Å². The number of carboxylic acid groups (broad SMARTS) is 1. The Balaban J connectivity index is 1.17. The number of methoxy groups -OCH3 is 1. The monoisotopic (exact) mass is 599 g/mol. The first-order chi connectivity index (χ1) is 20.6. The third-order valence-corrected chi connectivity index (χ3v) is 10.1. The molecule has 2 atom stereocenters. The third-order valence-electron chi connectivity index (χ3n) is 10.1. The lowest BCUT2D eigenvalue weighted by atomic mass is 9.84. The number of alkyl halides is 3. The van der Waals surface area contributed by atoms with Crippen molar-refractivity contribution in [1.82, 2.24) is 9.80 Å². The smallest absolute Gasteiger partial charge is 0.416 e. The quantitative estimate of drug-likeness (QED) is 0.447. The van der Waals surface area contributed by atoms with Crippen LogP contribution in [0.1, 0.15) is 67.1 Å². The standard InChI is InChI=1S/C33H40F3N3O4/c1-43-26-7-2-21(3-8-26)28-19-39(25-5-6-25)20-29(28)31(40)38-16-10-22(11-17-38)27-9-4-24(33(34,35)36)18-30(27)37-14-12-23(13-15-37)32(41)42/h2-4,7-9,18,22-23,25,28-29H,5-6,10-17,19-20H2,1H3,(H,41,42)/t28-,29+/m0/s1. The van der Waals surface area contributed by atoms with E-state index in [1.165, 1.54) is 18.9 Å². The predicted octanol–water partition coefficient (Wildman–Crippen LogP) is 5.60. The molecule has 2 aromatic carbocycles. The Labute approximate surface area is 250 Å². The summed E-state index contributed by atoms with van der Waals surface area (Å²) in [5.74, 6) is -0.326. The van der Waals surface area contributed by atoms with Gasteiger partial charge in [0.05, 0.1) is 24.5 Å². The number of anilines is 1. The van der Waals surface area contributed by atoms with Crippen LogP contribution in [0.25, 0.3) is 0 Å². The fourth-order valence-electron chi connectivity index (χ4n) is 7.36. The van der Waals surface area contributed by atoms with E-state index in [-0.39, 0.29) is 23.7 Å². The summed E-state index contributed by atoms with van der Waals surface area (Å²) in [4.78, 5) is 31.8. The largest absolute Gasteiger partial charge is 0.497 e. The molecule has 43 heavy (non-hydrogen) atoms. The number of amides is 1. The van der Waals surface area contributed by atoms with Crippen LogP contribution in [0.2, 0.25) is 0 Å². The normalized spacial score (nSPS) is 24.4. The van der Waals surface area contributed by atoms with Crippen LogP contribution in [0.4, 0.5) is 18.9 Å². The summed E-state index contributed by atoms with van der Waals surface area (Å²) in [6, 6.07) is 12.6.